The summed E-state index contributed by atoms with van der Waals surface area (Å²) in [5.41, 5.74) is 4.70. The van der Waals surface area contributed by atoms with Crippen molar-refractivity contribution < 1.29 is 4.39 Å². The van der Waals surface area contributed by atoms with Gasteiger partial charge in [0.05, 0.1) is 17.4 Å². The van der Waals surface area contributed by atoms with E-state index in [9.17, 15) is 4.39 Å². The Hall–Kier alpha value is -3.80. The van der Waals surface area contributed by atoms with Gasteiger partial charge in [-0.05, 0) is 36.1 Å². The molecule has 3 aromatic heterocycles. The summed E-state index contributed by atoms with van der Waals surface area (Å²) in [4.78, 5) is 10.3. The van der Waals surface area contributed by atoms with Gasteiger partial charge in [-0.1, -0.05) is 36.4 Å². The monoisotopic (exact) mass is 397 g/mol. The van der Waals surface area contributed by atoms with Crippen LogP contribution < -0.4 is 4.90 Å². The Bertz CT molecular complexity index is 1390. The number of benzene rings is 2. The van der Waals surface area contributed by atoms with Gasteiger partial charge in [-0.2, -0.15) is 9.49 Å². The van der Waals surface area contributed by atoms with Gasteiger partial charge in [-0.15, -0.1) is 0 Å². The van der Waals surface area contributed by atoms with Gasteiger partial charge >= 0.3 is 0 Å². The summed E-state index contributed by atoms with van der Waals surface area (Å²) in [6.07, 6.45) is 3.40. The molecule has 0 unspecified atom stereocenters. The Morgan fingerprint density at radius 2 is 1.73 bits per heavy atom. The molecule has 0 amide bonds. The molecule has 0 atom stereocenters. The van der Waals surface area contributed by atoms with E-state index in [1.54, 1.807) is 6.07 Å². The third kappa shape index (κ3) is 2.88. The SMILES string of the molecule is Cc1cccc2c(-c3cccc4cnc(N(C)C)cc34)nn(-c3ccc(F)nc3)c12. The maximum Gasteiger partial charge on any atom is 0.212 e. The molecular formula is C24H20FN5. The standard InChI is InChI=1S/C24H20FN5/c1-15-6-4-9-19-23(28-30(24(15)19)17-10-11-21(25)26-14-17)18-8-5-7-16-13-27-22(29(2)3)12-20(16)18/h4-14H,1-3H3. The lowest BCUT2D eigenvalue weighted by Crippen LogP contribution is -2.10. The minimum absolute atomic E-state index is 0.509. The minimum Gasteiger partial charge on any atom is -0.363 e. The average molecular weight is 397 g/mol. The summed E-state index contributed by atoms with van der Waals surface area (Å²) in [6, 6.07) is 17.5. The van der Waals surface area contributed by atoms with Crippen LogP contribution in [-0.2, 0) is 0 Å². The zero-order valence-electron chi connectivity index (χ0n) is 17.0. The van der Waals surface area contributed by atoms with E-state index in [0.29, 0.717) is 0 Å². The molecule has 5 nitrogen and oxygen atoms in total. The maximum absolute atomic E-state index is 13.4. The first-order chi connectivity index (χ1) is 14.5. The summed E-state index contributed by atoms with van der Waals surface area (Å²) >= 11 is 0. The lowest BCUT2D eigenvalue weighted by molar-refractivity contribution is 0.582. The van der Waals surface area contributed by atoms with Crippen molar-refractivity contribution >= 4 is 27.5 Å². The predicted octanol–water partition coefficient (Wildman–Crippen LogP) is 5.15. The molecule has 0 fully saturated rings. The molecule has 2 aromatic carbocycles. The second-order valence-electron chi connectivity index (χ2n) is 7.53. The van der Waals surface area contributed by atoms with Crippen molar-refractivity contribution in [1.29, 1.82) is 0 Å². The summed E-state index contributed by atoms with van der Waals surface area (Å²) in [7, 11) is 3.96. The third-order valence-corrected chi connectivity index (χ3v) is 5.32. The fraction of sp³-hybridized carbons (Fsp3) is 0.125. The number of para-hydroxylation sites is 1. The molecule has 148 valence electrons. The number of rotatable bonds is 3. The van der Waals surface area contributed by atoms with Crippen molar-refractivity contribution in [2.24, 2.45) is 0 Å². The molecule has 6 heteroatoms. The molecule has 0 saturated carbocycles. The number of anilines is 1. The predicted molar refractivity (Wildman–Crippen MR) is 119 cm³/mol. The highest BCUT2D eigenvalue weighted by Crippen LogP contribution is 2.36. The smallest absolute Gasteiger partial charge is 0.212 e. The van der Waals surface area contributed by atoms with Crippen LogP contribution in [0.25, 0.3) is 38.6 Å². The van der Waals surface area contributed by atoms with Crippen LogP contribution in [0.2, 0.25) is 0 Å². The van der Waals surface area contributed by atoms with Crippen molar-refractivity contribution in [1.82, 2.24) is 19.7 Å². The molecule has 0 N–H and O–H groups in total. The summed E-state index contributed by atoms with van der Waals surface area (Å²) in [5.74, 6) is 0.377. The molecule has 30 heavy (non-hydrogen) atoms. The first kappa shape index (κ1) is 18.2. The Kier molecular flexibility index (Phi) is 4.20. The highest BCUT2D eigenvalue weighted by atomic mass is 19.1. The molecule has 0 bridgehead atoms. The van der Waals surface area contributed by atoms with E-state index in [1.165, 1.54) is 12.3 Å². The molecule has 0 saturated heterocycles. The largest absolute Gasteiger partial charge is 0.363 e. The molecular weight excluding hydrogens is 377 g/mol. The zero-order valence-corrected chi connectivity index (χ0v) is 17.0. The van der Waals surface area contributed by atoms with Crippen molar-refractivity contribution in [3.8, 4) is 16.9 Å². The number of aromatic nitrogens is 4. The molecule has 5 rings (SSSR count). The van der Waals surface area contributed by atoms with Crippen LogP contribution >= 0.6 is 0 Å². The van der Waals surface area contributed by atoms with Crippen molar-refractivity contribution in [3.63, 3.8) is 0 Å². The van der Waals surface area contributed by atoms with Gasteiger partial charge in [-0.25, -0.2) is 14.6 Å². The zero-order chi connectivity index (χ0) is 20.8. The van der Waals surface area contributed by atoms with Gasteiger partial charge in [0.15, 0.2) is 0 Å². The van der Waals surface area contributed by atoms with Gasteiger partial charge in [0.2, 0.25) is 5.95 Å². The van der Waals surface area contributed by atoms with Gasteiger partial charge < -0.3 is 4.90 Å². The summed E-state index contributed by atoms with van der Waals surface area (Å²) in [6.45, 7) is 2.05. The van der Waals surface area contributed by atoms with E-state index in [4.69, 9.17) is 5.10 Å². The number of pyridine rings is 2. The Morgan fingerprint density at radius 1 is 0.900 bits per heavy atom. The van der Waals surface area contributed by atoms with Crippen LogP contribution in [0.3, 0.4) is 0 Å². The second-order valence-corrected chi connectivity index (χ2v) is 7.53. The van der Waals surface area contributed by atoms with Crippen LogP contribution in [0.5, 0.6) is 0 Å². The number of nitrogens with zero attached hydrogens (tertiary/aromatic N) is 5. The normalized spacial score (nSPS) is 11.3. The van der Waals surface area contributed by atoms with Crippen molar-refractivity contribution in [2.75, 3.05) is 19.0 Å². The first-order valence-electron chi connectivity index (χ1n) is 9.69. The van der Waals surface area contributed by atoms with Crippen LogP contribution in [0, 0.1) is 12.9 Å². The summed E-state index contributed by atoms with van der Waals surface area (Å²) in [5, 5.41) is 8.14. The second kappa shape index (κ2) is 6.91. The van der Waals surface area contributed by atoms with E-state index in [1.807, 2.05) is 42.0 Å². The number of aryl methyl sites for hydroxylation is 1. The van der Waals surface area contributed by atoms with Crippen LogP contribution in [0.1, 0.15) is 5.56 Å². The highest BCUT2D eigenvalue weighted by molar-refractivity contribution is 6.05. The van der Waals surface area contributed by atoms with Crippen LogP contribution in [0.15, 0.2) is 67.0 Å². The lowest BCUT2D eigenvalue weighted by Gasteiger charge is -2.13. The fourth-order valence-corrected chi connectivity index (χ4v) is 3.82. The minimum atomic E-state index is -0.509. The summed E-state index contributed by atoms with van der Waals surface area (Å²) < 4.78 is 15.2. The van der Waals surface area contributed by atoms with E-state index in [2.05, 4.69) is 47.2 Å². The first-order valence-corrected chi connectivity index (χ1v) is 9.69. The molecule has 3 heterocycles. The molecule has 5 aromatic rings. The molecule has 0 spiro atoms. The van der Waals surface area contributed by atoms with Gasteiger partial charge in [0.25, 0.3) is 0 Å². The fourth-order valence-electron chi connectivity index (χ4n) is 3.82. The Morgan fingerprint density at radius 3 is 2.50 bits per heavy atom. The quantitative estimate of drug-likeness (QED) is 0.395. The molecule has 0 aliphatic carbocycles. The van der Waals surface area contributed by atoms with E-state index < -0.39 is 5.95 Å². The van der Waals surface area contributed by atoms with Crippen molar-refractivity contribution in [3.05, 3.63) is 78.5 Å². The Balaban J connectivity index is 1.83. The highest BCUT2D eigenvalue weighted by Gasteiger charge is 2.17. The van der Waals surface area contributed by atoms with Gasteiger partial charge in [0.1, 0.15) is 11.5 Å². The van der Waals surface area contributed by atoms with E-state index >= 15 is 0 Å². The van der Waals surface area contributed by atoms with Crippen molar-refractivity contribution in [2.45, 2.75) is 6.92 Å². The maximum atomic E-state index is 13.4. The van der Waals surface area contributed by atoms with E-state index in [-0.39, 0.29) is 0 Å². The van der Waals surface area contributed by atoms with Gasteiger partial charge in [-0.3, -0.25) is 0 Å². The molecule has 0 aliphatic rings. The molecule has 0 aliphatic heterocycles. The third-order valence-electron chi connectivity index (χ3n) is 5.32. The Labute approximate surface area is 173 Å². The number of fused-ring (bicyclic) bond motifs is 2. The average Bonchev–Trinajstić information content (AvgIpc) is 3.14. The topological polar surface area (TPSA) is 46.8 Å². The lowest BCUT2D eigenvalue weighted by atomic mass is 10.0. The van der Waals surface area contributed by atoms with Gasteiger partial charge in [0, 0.05) is 36.6 Å². The number of halogens is 1. The van der Waals surface area contributed by atoms with Crippen LogP contribution in [-0.4, -0.2) is 33.8 Å². The van der Waals surface area contributed by atoms with Crippen LogP contribution in [0.4, 0.5) is 10.2 Å². The van der Waals surface area contributed by atoms with E-state index in [0.717, 1.165) is 50.0 Å². The molecule has 0 radical (unpaired) electrons. The number of hydrogen-bond donors (Lipinski definition) is 0. The number of hydrogen-bond acceptors (Lipinski definition) is 4.